The fourth-order valence-electron chi connectivity index (χ4n) is 2.50. The van der Waals surface area contributed by atoms with Crippen LogP contribution in [0.1, 0.15) is 49.2 Å². The van der Waals surface area contributed by atoms with Crippen LogP contribution in [-0.4, -0.2) is 17.6 Å². The van der Waals surface area contributed by atoms with E-state index in [4.69, 9.17) is 4.74 Å². The highest BCUT2D eigenvalue weighted by atomic mass is 32.1. The molecular formula is C13H19NO2S. The fraction of sp³-hybridized carbons (Fsp3) is 0.692. The van der Waals surface area contributed by atoms with Crippen molar-refractivity contribution in [2.75, 3.05) is 6.61 Å². The molecule has 1 aromatic rings. The number of hydrogen-bond donors (Lipinski definition) is 0. The molecule has 2 atom stereocenters. The molecule has 0 aliphatic heterocycles. The monoisotopic (exact) mass is 253 g/mol. The van der Waals surface area contributed by atoms with Crippen molar-refractivity contribution >= 4 is 17.3 Å². The topological polar surface area (TPSA) is 39.2 Å². The maximum atomic E-state index is 11.9. The van der Waals surface area contributed by atoms with Crippen molar-refractivity contribution in [1.82, 2.24) is 4.98 Å². The van der Waals surface area contributed by atoms with Gasteiger partial charge in [-0.15, -0.1) is 11.3 Å². The summed E-state index contributed by atoms with van der Waals surface area (Å²) in [5, 5.41) is 3.17. The van der Waals surface area contributed by atoms with Crippen LogP contribution in [0.3, 0.4) is 0 Å². The van der Waals surface area contributed by atoms with Gasteiger partial charge in [0.05, 0.1) is 17.5 Å². The van der Waals surface area contributed by atoms with Crippen molar-refractivity contribution < 1.29 is 9.53 Å². The van der Waals surface area contributed by atoms with E-state index in [1.807, 2.05) is 13.8 Å². The number of carbonyl (C=O) groups is 1. The Bertz CT molecular complexity index is 389. The van der Waals surface area contributed by atoms with Crippen LogP contribution < -0.4 is 0 Å². The third kappa shape index (κ3) is 2.86. The molecule has 0 spiro atoms. The SMILES string of the molecule is CCOC(=O)C1CCCCC1c1nc(C)cs1. The summed E-state index contributed by atoms with van der Waals surface area (Å²) in [6.45, 7) is 4.34. The molecule has 2 unspecified atom stereocenters. The summed E-state index contributed by atoms with van der Waals surface area (Å²) in [7, 11) is 0. The third-order valence-electron chi connectivity index (χ3n) is 3.31. The average molecular weight is 253 g/mol. The lowest BCUT2D eigenvalue weighted by molar-refractivity contribution is -0.149. The second kappa shape index (κ2) is 5.63. The number of aryl methyl sites for hydroxylation is 1. The Balaban J connectivity index is 2.14. The van der Waals surface area contributed by atoms with Gasteiger partial charge in [-0.1, -0.05) is 12.8 Å². The van der Waals surface area contributed by atoms with Crippen LogP contribution in [0.4, 0.5) is 0 Å². The number of aromatic nitrogens is 1. The van der Waals surface area contributed by atoms with Gasteiger partial charge in [-0.3, -0.25) is 4.79 Å². The lowest BCUT2D eigenvalue weighted by atomic mass is 9.79. The maximum Gasteiger partial charge on any atom is 0.309 e. The summed E-state index contributed by atoms with van der Waals surface area (Å²) >= 11 is 1.68. The van der Waals surface area contributed by atoms with Crippen LogP contribution in [0.2, 0.25) is 0 Å². The normalized spacial score (nSPS) is 24.6. The molecule has 0 saturated heterocycles. The zero-order chi connectivity index (χ0) is 12.3. The van der Waals surface area contributed by atoms with E-state index in [9.17, 15) is 4.79 Å². The van der Waals surface area contributed by atoms with E-state index in [0.717, 1.165) is 30.0 Å². The molecule has 1 aliphatic rings. The molecule has 0 aromatic carbocycles. The first-order valence-corrected chi connectivity index (χ1v) is 7.19. The Hall–Kier alpha value is -0.900. The minimum absolute atomic E-state index is 0.0225. The molecule has 94 valence electrons. The van der Waals surface area contributed by atoms with E-state index in [1.54, 1.807) is 11.3 Å². The average Bonchev–Trinajstić information content (AvgIpc) is 2.76. The second-order valence-electron chi connectivity index (χ2n) is 4.58. The first kappa shape index (κ1) is 12.6. The van der Waals surface area contributed by atoms with Crippen LogP contribution in [-0.2, 0) is 9.53 Å². The number of thiazole rings is 1. The summed E-state index contributed by atoms with van der Waals surface area (Å²) in [4.78, 5) is 16.5. The van der Waals surface area contributed by atoms with E-state index in [2.05, 4.69) is 10.4 Å². The van der Waals surface area contributed by atoms with E-state index in [1.165, 1.54) is 6.42 Å². The van der Waals surface area contributed by atoms with Crippen molar-refractivity contribution in [2.24, 2.45) is 5.92 Å². The molecule has 4 heteroatoms. The Labute approximate surface area is 106 Å². The molecule has 0 radical (unpaired) electrons. The molecular weight excluding hydrogens is 234 g/mol. The van der Waals surface area contributed by atoms with Crippen molar-refractivity contribution in [2.45, 2.75) is 45.4 Å². The Kier molecular flexibility index (Phi) is 4.15. The van der Waals surface area contributed by atoms with Crippen LogP contribution in [0.25, 0.3) is 0 Å². The molecule has 17 heavy (non-hydrogen) atoms. The van der Waals surface area contributed by atoms with Gasteiger partial charge in [0.2, 0.25) is 0 Å². The van der Waals surface area contributed by atoms with Crippen LogP contribution in [0.15, 0.2) is 5.38 Å². The first-order valence-electron chi connectivity index (χ1n) is 6.31. The molecule has 1 aliphatic carbocycles. The molecule has 0 bridgehead atoms. The predicted molar refractivity (Wildman–Crippen MR) is 68.2 cm³/mol. The number of carbonyl (C=O) groups excluding carboxylic acids is 1. The summed E-state index contributed by atoms with van der Waals surface area (Å²) < 4.78 is 5.18. The van der Waals surface area contributed by atoms with E-state index < -0.39 is 0 Å². The van der Waals surface area contributed by atoms with Gasteiger partial charge in [-0.2, -0.15) is 0 Å². The molecule has 2 rings (SSSR count). The van der Waals surface area contributed by atoms with Crippen LogP contribution in [0, 0.1) is 12.8 Å². The Morgan fingerprint density at radius 1 is 1.53 bits per heavy atom. The number of rotatable bonds is 3. The lowest BCUT2D eigenvalue weighted by Crippen LogP contribution is -2.27. The highest BCUT2D eigenvalue weighted by Gasteiger charge is 2.34. The Morgan fingerprint density at radius 3 is 2.94 bits per heavy atom. The van der Waals surface area contributed by atoms with Gasteiger partial charge in [0, 0.05) is 17.0 Å². The van der Waals surface area contributed by atoms with Gasteiger partial charge in [0.1, 0.15) is 0 Å². The van der Waals surface area contributed by atoms with E-state index in [-0.39, 0.29) is 17.8 Å². The highest BCUT2D eigenvalue weighted by molar-refractivity contribution is 7.09. The van der Waals surface area contributed by atoms with Crippen LogP contribution >= 0.6 is 11.3 Å². The molecule has 1 heterocycles. The van der Waals surface area contributed by atoms with Gasteiger partial charge < -0.3 is 4.74 Å². The van der Waals surface area contributed by atoms with Crippen molar-refractivity contribution in [3.63, 3.8) is 0 Å². The minimum Gasteiger partial charge on any atom is -0.466 e. The van der Waals surface area contributed by atoms with Gasteiger partial charge in [0.25, 0.3) is 0 Å². The van der Waals surface area contributed by atoms with Crippen molar-refractivity contribution in [1.29, 1.82) is 0 Å². The Morgan fingerprint density at radius 2 is 2.29 bits per heavy atom. The fourth-order valence-corrected chi connectivity index (χ4v) is 3.50. The molecule has 1 fully saturated rings. The van der Waals surface area contributed by atoms with Gasteiger partial charge in [-0.05, 0) is 26.7 Å². The number of ether oxygens (including phenoxy) is 1. The molecule has 1 aromatic heterocycles. The smallest absolute Gasteiger partial charge is 0.309 e. The van der Waals surface area contributed by atoms with Crippen molar-refractivity contribution in [3.05, 3.63) is 16.1 Å². The standard InChI is InChI=1S/C13H19NO2S/c1-3-16-13(15)11-7-5-4-6-10(11)12-14-9(2)8-17-12/h8,10-11H,3-7H2,1-2H3. The van der Waals surface area contributed by atoms with Crippen molar-refractivity contribution in [3.8, 4) is 0 Å². The summed E-state index contributed by atoms with van der Waals surface area (Å²) in [5.74, 6) is 0.265. The zero-order valence-corrected chi connectivity index (χ0v) is 11.3. The lowest BCUT2D eigenvalue weighted by Gasteiger charge is -2.28. The molecule has 0 N–H and O–H groups in total. The number of hydrogen-bond acceptors (Lipinski definition) is 4. The molecule has 0 amide bonds. The summed E-state index contributed by atoms with van der Waals surface area (Å²) in [5.41, 5.74) is 1.05. The number of nitrogens with zero attached hydrogens (tertiary/aromatic N) is 1. The van der Waals surface area contributed by atoms with E-state index >= 15 is 0 Å². The van der Waals surface area contributed by atoms with Crippen LogP contribution in [0.5, 0.6) is 0 Å². The summed E-state index contributed by atoms with van der Waals surface area (Å²) in [6.07, 6.45) is 4.34. The van der Waals surface area contributed by atoms with E-state index in [0.29, 0.717) is 6.61 Å². The number of esters is 1. The maximum absolute atomic E-state index is 11.9. The minimum atomic E-state index is -0.0370. The highest BCUT2D eigenvalue weighted by Crippen LogP contribution is 2.39. The quantitative estimate of drug-likeness (QED) is 0.776. The zero-order valence-electron chi connectivity index (χ0n) is 10.4. The predicted octanol–water partition coefficient (Wildman–Crippen LogP) is 3.29. The largest absolute Gasteiger partial charge is 0.466 e. The molecule has 1 saturated carbocycles. The van der Waals surface area contributed by atoms with Gasteiger partial charge in [-0.25, -0.2) is 4.98 Å². The van der Waals surface area contributed by atoms with Gasteiger partial charge in [0.15, 0.2) is 0 Å². The first-order chi connectivity index (χ1) is 8.22. The third-order valence-corrected chi connectivity index (χ3v) is 4.40. The second-order valence-corrected chi connectivity index (χ2v) is 5.47. The van der Waals surface area contributed by atoms with Gasteiger partial charge >= 0.3 is 5.97 Å². The molecule has 3 nitrogen and oxygen atoms in total. The summed E-state index contributed by atoms with van der Waals surface area (Å²) in [6, 6.07) is 0.